The Kier molecular flexibility index (Phi) is 5.90. The van der Waals surface area contributed by atoms with Gasteiger partial charge in [0.1, 0.15) is 0 Å². The van der Waals surface area contributed by atoms with Gasteiger partial charge >= 0.3 is 5.51 Å². The van der Waals surface area contributed by atoms with E-state index in [4.69, 9.17) is 5.73 Å². The maximum Gasteiger partial charge on any atom is 0.446 e. The Morgan fingerprint density at radius 1 is 1.37 bits per heavy atom. The maximum absolute atomic E-state index is 12.2. The average Bonchev–Trinajstić information content (AvgIpc) is 2.29. The molecule has 1 atom stereocenters. The molecule has 0 saturated heterocycles. The number of halogens is 3. The van der Waals surface area contributed by atoms with Crippen molar-refractivity contribution in [3.63, 3.8) is 0 Å². The molecule has 3 N–H and O–H groups in total. The number of hydrogen-bond donors (Lipinski definition) is 2. The fourth-order valence-corrected chi connectivity index (χ4v) is 2.08. The second kappa shape index (κ2) is 6.98. The lowest BCUT2D eigenvalue weighted by molar-refractivity contribution is -0.0328. The molecule has 0 saturated carbocycles. The highest BCUT2D eigenvalue weighted by molar-refractivity contribution is 8.00. The Labute approximate surface area is 115 Å². The summed E-state index contributed by atoms with van der Waals surface area (Å²) in [4.78, 5) is 0.173. The number of benzene rings is 1. The molecule has 19 heavy (non-hydrogen) atoms. The molecule has 0 amide bonds. The largest absolute Gasteiger partial charge is 0.446 e. The number of thioether (sulfide) groups is 1. The van der Waals surface area contributed by atoms with E-state index in [0.717, 1.165) is 11.1 Å². The number of rotatable bonds is 6. The van der Waals surface area contributed by atoms with E-state index in [1.807, 2.05) is 6.92 Å². The van der Waals surface area contributed by atoms with E-state index >= 15 is 0 Å². The molecule has 0 aliphatic heterocycles. The van der Waals surface area contributed by atoms with Crippen LogP contribution in [0.3, 0.4) is 0 Å². The highest BCUT2D eigenvalue weighted by Gasteiger charge is 2.29. The van der Waals surface area contributed by atoms with Crippen LogP contribution in [0.1, 0.15) is 18.5 Å². The van der Waals surface area contributed by atoms with Crippen molar-refractivity contribution in [2.75, 3.05) is 13.1 Å². The van der Waals surface area contributed by atoms with Crippen LogP contribution in [0.4, 0.5) is 13.2 Å². The molecule has 0 bridgehead atoms. The molecular weight excluding hydrogens is 273 g/mol. The fourth-order valence-electron chi connectivity index (χ4n) is 1.54. The van der Waals surface area contributed by atoms with Crippen molar-refractivity contribution >= 4 is 11.8 Å². The summed E-state index contributed by atoms with van der Waals surface area (Å²) in [5, 5.41) is 3.20. The fraction of sp³-hybridized carbons (Fsp3) is 0.385. The van der Waals surface area contributed by atoms with Crippen molar-refractivity contribution < 1.29 is 13.2 Å². The molecular formula is C13H17F3N2S. The predicted molar refractivity (Wildman–Crippen MR) is 73.0 cm³/mol. The van der Waals surface area contributed by atoms with Crippen molar-refractivity contribution in [3.05, 3.63) is 42.0 Å². The molecule has 2 nitrogen and oxygen atoms in total. The number of hydrogen-bond acceptors (Lipinski definition) is 3. The first kappa shape index (κ1) is 16.1. The topological polar surface area (TPSA) is 38.0 Å². The minimum absolute atomic E-state index is 0.0818. The van der Waals surface area contributed by atoms with E-state index in [2.05, 4.69) is 11.9 Å². The van der Waals surface area contributed by atoms with Crippen LogP contribution in [-0.4, -0.2) is 18.6 Å². The summed E-state index contributed by atoms with van der Waals surface area (Å²) < 4.78 is 36.6. The summed E-state index contributed by atoms with van der Waals surface area (Å²) in [7, 11) is 0. The Balaban J connectivity index is 2.70. The number of alkyl halides is 3. The van der Waals surface area contributed by atoms with Crippen molar-refractivity contribution in [1.29, 1.82) is 0 Å². The van der Waals surface area contributed by atoms with E-state index in [-0.39, 0.29) is 22.7 Å². The van der Waals surface area contributed by atoms with E-state index in [1.165, 1.54) is 12.1 Å². The Bertz CT molecular complexity index is 415. The van der Waals surface area contributed by atoms with Crippen molar-refractivity contribution in [1.82, 2.24) is 5.32 Å². The van der Waals surface area contributed by atoms with Gasteiger partial charge in [-0.3, -0.25) is 0 Å². The van der Waals surface area contributed by atoms with Crippen molar-refractivity contribution in [3.8, 4) is 0 Å². The molecule has 0 aliphatic carbocycles. The molecule has 0 aliphatic rings. The second-order valence-electron chi connectivity index (χ2n) is 4.24. The molecule has 0 radical (unpaired) electrons. The zero-order valence-electron chi connectivity index (χ0n) is 10.6. The summed E-state index contributed by atoms with van der Waals surface area (Å²) in [6, 6.07) is 6.16. The number of nitrogens with two attached hydrogens (primary N) is 1. The van der Waals surface area contributed by atoms with Gasteiger partial charge in [0.2, 0.25) is 0 Å². The quantitative estimate of drug-likeness (QED) is 0.622. The van der Waals surface area contributed by atoms with Crippen LogP contribution in [0.15, 0.2) is 41.3 Å². The van der Waals surface area contributed by atoms with Gasteiger partial charge in [0.05, 0.1) is 0 Å². The standard InChI is InChI=1S/C13H17F3N2S/c1-9(2)8-18-12(7-17)10-3-5-11(6-4-10)19-13(14,15)16/h3-6,12,18H,1,7-8,17H2,2H3. The first-order valence-corrected chi connectivity index (χ1v) is 6.57. The monoisotopic (exact) mass is 290 g/mol. The summed E-state index contributed by atoms with van der Waals surface area (Å²) in [5.41, 5.74) is 3.24. The SMILES string of the molecule is C=C(C)CNC(CN)c1ccc(SC(F)(F)F)cc1. The molecule has 0 fully saturated rings. The lowest BCUT2D eigenvalue weighted by Gasteiger charge is -2.17. The smallest absolute Gasteiger partial charge is 0.329 e. The van der Waals surface area contributed by atoms with Crippen LogP contribution in [0.25, 0.3) is 0 Å². The summed E-state index contributed by atoms with van der Waals surface area (Å²) in [6.07, 6.45) is 0. The molecule has 106 valence electrons. The van der Waals surface area contributed by atoms with Crippen LogP contribution in [-0.2, 0) is 0 Å². The van der Waals surface area contributed by atoms with Gasteiger partial charge < -0.3 is 11.1 Å². The van der Waals surface area contributed by atoms with Gasteiger partial charge in [-0.25, -0.2) is 0 Å². The first-order chi connectivity index (χ1) is 8.81. The molecule has 0 aromatic heterocycles. The van der Waals surface area contributed by atoms with Gasteiger partial charge in [-0.15, -0.1) is 0 Å². The van der Waals surface area contributed by atoms with E-state index < -0.39 is 5.51 Å². The summed E-state index contributed by atoms with van der Waals surface area (Å²) in [6.45, 7) is 6.67. The van der Waals surface area contributed by atoms with Gasteiger partial charge in [-0.05, 0) is 36.4 Å². The minimum atomic E-state index is -4.26. The highest BCUT2D eigenvalue weighted by Crippen LogP contribution is 2.36. The predicted octanol–water partition coefficient (Wildman–Crippen LogP) is 3.46. The van der Waals surface area contributed by atoms with Gasteiger partial charge in [-0.1, -0.05) is 24.3 Å². The lowest BCUT2D eigenvalue weighted by Crippen LogP contribution is -2.29. The second-order valence-corrected chi connectivity index (χ2v) is 5.38. The lowest BCUT2D eigenvalue weighted by atomic mass is 10.1. The van der Waals surface area contributed by atoms with Gasteiger partial charge in [0.15, 0.2) is 0 Å². The van der Waals surface area contributed by atoms with Gasteiger partial charge in [0.25, 0.3) is 0 Å². The average molecular weight is 290 g/mol. The highest BCUT2D eigenvalue weighted by atomic mass is 32.2. The third-order valence-corrected chi connectivity index (χ3v) is 3.14. The Morgan fingerprint density at radius 2 is 1.95 bits per heavy atom. The molecule has 0 spiro atoms. The normalized spacial score (nSPS) is 13.3. The zero-order valence-corrected chi connectivity index (χ0v) is 11.4. The van der Waals surface area contributed by atoms with E-state index in [1.54, 1.807) is 12.1 Å². The molecule has 1 unspecified atom stereocenters. The molecule has 1 rings (SSSR count). The molecule has 6 heteroatoms. The van der Waals surface area contributed by atoms with Gasteiger partial charge in [-0.2, -0.15) is 13.2 Å². The Morgan fingerprint density at radius 3 is 2.37 bits per heavy atom. The van der Waals surface area contributed by atoms with E-state index in [0.29, 0.717) is 13.1 Å². The van der Waals surface area contributed by atoms with E-state index in [9.17, 15) is 13.2 Å². The van der Waals surface area contributed by atoms with Crippen molar-refractivity contribution in [2.45, 2.75) is 23.4 Å². The molecule has 0 heterocycles. The first-order valence-electron chi connectivity index (χ1n) is 5.75. The summed E-state index contributed by atoms with van der Waals surface area (Å²) in [5.74, 6) is 0. The summed E-state index contributed by atoms with van der Waals surface area (Å²) >= 11 is -0.119. The van der Waals surface area contributed by atoms with Crippen LogP contribution < -0.4 is 11.1 Å². The van der Waals surface area contributed by atoms with Crippen molar-refractivity contribution in [2.24, 2.45) is 5.73 Å². The number of nitrogens with one attached hydrogen (secondary N) is 1. The third-order valence-electron chi connectivity index (χ3n) is 2.40. The Hall–Kier alpha value is -0.980. The third kappa shape index (κ3) is 6.13. The van der Waals surface area contributed by atoms with Gasteiger partial charge in [0, 0.05) is 24.0 Å². The van der Waals surface area contributed by atoms with Crippen LogP contribution in [0, 0.1) is 0 Å². The maximum atomic E-state index is 12.2. The molecule has 1 aromatic rings. The zero-order chi connectivity index (χ0) is 14.5. The van der Waals surface area contributed by atoms with Crippen LogP contribution in [0.2, 0.25) is 0 Å². The minimum Gasteiger partial charge on any atom is -0.329 e. The van der Waals surface area contributed by atoms with Crippen LogP contribution in [0.5, 0.6) is 0 Å². The molecule has 1 aromatic carbocycles. The van der Waals surface area contributed by atoms with Crippen LogP contribution >= 0.6 is 11.8 Å².